The Hall–Kier alpha value is -2.00. The molecule has 0 spiro atoms. The third-order valence-electron chi connectivity index (χ3n) is 2.65. The molecule has 0 saturated carbocycles. The van der Waals surface area contributed by atoms with E-state index in [9.17, 15) is 4.79 Å². The largest absolute Gasteiger partial charge is 0.374 e. The Morgan fingerprint density at radius 3 is 3.00 bits per heavy atom. The number of aromatic nitrogens is 4. The number of carbonyl (C=O) groups excluding carboxylic acids is 1. The molecule has 8 nitrogen and oxygen atoms in total. The van der Waals surface area contributed by atoms with E-state index in [4.69, 9.17) is 5.73 Å². The highest BCUT2D eigenvalue weighted by molar-refractivity contribution is 7.16. The van der Waals surface area contributed by atoms with Crippen molar-refractivity contribution in [3.8, 4) is 0 Å². The predicted octanol–water partition coefficient (Wildman–Crippen LogP) is -0.287. The molecule has 3 heterocycles. The van der Waals surface area contributed by atoms with Crippen molar-refractivity contribution < 1.29 is 4.79 Å². The van der Waals surface area contributed by atoms with Crippen molar-refractivity contribution in [3.63, 3.8) is 0 Å². The van der Waals surface area contributed by atoms with Crippen LogP contribution in [-0.2, 0) is 0 Å². The summed E-state index contributed by atoms with van der Waals surface area (Å²) in [7, 11) is 0. The zero-order valence-corrected chi connectivity index (χ0v) is 10.1. The number of nitrogens with zero attached hydrogens (tertiary/aromatic N) is 4. The van der Waals surface area contributed by atoms with Crippen molar-refractivity contribution in [2.45, 2.75) is 6.04 Å². The van der Waals surface area contributed by atoms with E-state index >= 15 is 0 Å². The quantitative estimate of drug-likeness (QED) is 0.703. The highest BCUT2D eigenvalue weighted by atomic mass is 32.1. The van der Waals surface area contributed by atoms with E-state index in [1.165, 1.54) is 0 Å². The van der Waals surface area contributed by atoms with Crippen LogP contribution in [0.2, 0.25) is 0 Å². The van der Waals surface area contributed by atoms with Crippen LogP contribution in [0.25, 0.3) is 0 Å². The van der Waals surface area contributed by atoms with E-state index in [2.05, 4.69) is 25.9 Å². The summed E-state index contributed by atoms with van der Waals surface area (Å²) in [5, 5.41) is 17.9. The molecule has 94 valence electrons. The number of carbonyl (C=O) groups is 1. The van der Waals surface area contributed by atoms with Gasteiger partial charge in [0.1, 0.15) is 5.82 Å². The molecule has 1 saturated heterocycles. The van der Waals surface area contributed by atoms with Gasteiger partial charge in [0.25, 0.3) is 5.91 Å². The van der Waals surface area contributed by atoms with Gasteiger partial charge in [-0.1, -0.05) is 11.3 Å². The lowest BCUT2D eigenvalue weighted by atomic mass is 10.2. The molecule has 0 bridgehead atoms. The van der Waals surface area contributed by atoms with E-state index in [0.717, 1.165) is 24.4 Å². The van der Waals surface area contributed by atoms with Crippen molar-refractivity contribution in [1.29, 1.82) is 0 Å². The summed E-state index contributed by atoms with van der Waals surface area (Å²) in [6, 6.07) is 2.04. The van der Waals surface area contributed by atoms with Gasteiger partial charge in [0, 0.05) is 19.2 Å². The van der Waals surface area contributed by atoms with Crippen LogP contribution in [0.1, 0.15) is 15.8 Å². The van der Waals surface area contributed by atoms with Crippen LogP contribution in [-0.4, -0.2) is 39.0 Å². The molecule has 1 aliphatic heterocycles. The number of rotatable bonds is 3. The van der Waals surface area contributed by atoms with E-state index in [1.807, 2.05) is 0 Å². The molecular formula is C9H11N7OS. The molecule has 0 atom stereocenters. The Morgan fingerprint density at radius 1 is 1.56 bits per heavy atom. The number of nitrogens with one attached hydrogen (secondary N) is 2. The van der Waals surface area contributed by atoms with Gasteiger partial charge in [-0.3, -0.25) is 4.79 Å². The summed E-state index contributed by atoms with van der Waals surface area (Å²) >= 11 is 1.05. The molecule has 1 aliphatic rings. The number of anilines is 2. The summed E-state index contributed by atoms with van der Waals surface area (Å²) in [4.78, 5) is 11.9. The average Bonchev–Trinajstić information content (AvgIpc) is 2.86. The Morgan fingerprint density at radius 2 is 2.39 bits per heavy atom. The fourth-order valence-electron chi connectivity index (χ4n) is 1.65. The van der Waals surface area contributed by atoms with Crippen molar-refractivity contribution >= 4 is 28.2 Å². The first-order valence-electron chi connectivity index (χ1n) is 5.38. The summed E-state index contributed by atoms with van der Waals surface area (Å²) < 4.78 is 1.79. The standard InChI is InChI=1S/C9H11N7OS/c10-9-15-14-8(18-9)7(17)13-6-1-2-12-16(6)5-3-11-4-5/h1-2,5,11H,3-4H2,(H2,10,15)(H,13,17). The van der Waals surface area contributed by atoms with Crippen molar-refractivity contribution in [3.05, 3.63) is 17.3 Å². The maximum atomic E-state index is 11.9. The summed E-state index contributed by atoms with van der Waals surface area (Å²) in [5.41, 5.74) is 5.44. The smallest absolute Gasteiger partial charge is 0.287 e. The van der Waals surface area contributed by atoms with E-state index in [0.29, 0.717) is 5.82 Å². The van der Waals surface area contributed by atoms with Crippen LogP contribution >= 0.6 is 11.3 Å². The van der Waals surface area contributed by atoms with Gasteiger partial charge in [-0.2, -0.15) is 5.10 Å². The van der Waals surface area contributed by atoms with E-state index < -0.39 is 0 Å². The molecule has 0 aromatic carbocycles. The van der Waals surface area contributed by atoms with Crippen LogP contribution < -0.4 is 16.4 Å². The van der Waals surface area contributed by atoms with Gasteiger partial charge in [-0.15, -0.1) is 10.2 Å². The molecule has 9 heteroatoms. The van der Waals surface area contributed by atoms with Crippen molar-refractivity contribution in [2.75, 3.05) is 24.1 Å². The van der Waals surface area contributed by atoms with Gasteiger partial charge in [0.15, 0.2) is 0 Å². The molecule has 1 amide bonds. The minimum atomic E-state index is -0.321. The second-order valence-electron chi connectivity index (χ2n) is 3.87. The second kappa shape index (κ2) is 4.35. The Labute approximate surface area is 106 Å². The third-order valence-corrected chi connectivity index (χ3v) is 3.40. The molecular weight excluding hydrogens is 254 g/mol. The zero-order chi connectivity index (χ0) is 12.5. The van der Waals surface area contributed by atoms with Crippen LogP contribution in [0.3, 0.4) is 0 Å². The zero-order valence-electron chi connectivity index (χ0n) is 9.33. The first-order valence-corrected chi connectivity index (χ1v) is 6.20. The SMILES string of the molecule is Nc1nnc(C(=O)Nc2ccnn2C2CNC2)s1. The summed E-state index contributed by atoms with van der Waals surface area (Å²) in [6.07, 6.45) is 1.66. The Balaban J connectivity index is 1.76. The minimum Gasteiger partial charge on any atom is -0.374 e. The molecule has 2 aromatic rings. The van der Waals surface area contributed by atoms with Crippen molar-refractivity contribution in [1.82, 2.24) is 25.3 Å². The van der Waals surface area contributed by atoms with Gasteiger partial charge in [0.05, 0.1) is 12.2 Å². The molecule has 0 aliphatic carbocycles. The number of hydrogen-bond acceptors (Lipinski definition) is 7. The Bertz CT molecular complexity index is 573. The normalized spacial score (nSPS) is 15.3. The fraction of sp³-hybridized carbons (Fsp3) is 0.333. The number of nitrogens with two attached hydrogens (primary N) is 1. The minimum absolute atomic E-state index is 0.243. The van der Waals surface area contributed by atoms with Crippen LogP contribution in [0.15, 0.2) is 12.3 Å². The van der Waals surface area contributed by atoms with Gasteiger partial charge in [0.2, 0.25) is 10.1 Å². The van der Waals surface area contributed by atoms with E-state index in [-0.39, 0.29) is 22.1 Å². The number of nitrogen functional groups attached to an aromatic ring is 1. The lowest BCUT2D eigenvalue weighted by Crippen LogP contribution is -2.44. The van der Waals surface area contributed by atoms with Gasteiger partial charge < -0.3 is 16.4 Å². The van der Waals surface area contributed by atoms with Crippen LogP contribution in [0.5, 0.6) is 0 Å². The summed E-state index contributed by atoms with van der Waals surface area (Å²) in [5.74, 6) is 0.332. The van der Waals surface area contributed by atoms with Gasteiger partial charge in [-0.25, -0.2) is 4.68 Å². The van der Waals surface area contributed by atoms with Crippen molar-refractivity contribution in [2.24, 2.45) is 0 Å². The molecule has 3 rings (SSSR count). The predicted molar refractivity (Wildman–Crippen MR) is 66.4 cm³/mol. The molecule has 2 aromatic heterocycles. The monoisotopic (exact) mass is 265 g/mol. The maximum absolute atomic E-state index is 11.9. The summed E-state index contributed by atoms with van der Waals surface area (Å²) in [6.45, 7) is 1.71. The number of hydrogen-bond donors (Lipinski definition) is 3. The average molecular weight is 265 g/mol. The lowest BCUT2D eigenvalue weighted by Gasteiger charge is -2.28. The highest BCUT2D eigenvalue weighted by Gasteiger charge is 2.23. The topological polar surface area (TPSA) is 111 Å². The molecule has 0 radical (unpaired) electrons. The first kappa shape index (κ1) is 11.1. The van der Waals surface area contributed by atoms with Gasteiger partial charge in [-0.05, 0) is 0 Å². The maximum Gasteiger partial charge on any atom is 0.287 e. The molecule has 4 N–H and O–H groups in total. The molecule has 18 heavy (non-hydrogen) atoms. The fourth-order valence-corrected chi connectivity index (χ4v) is 2.15. The van der Waals surface area contributed by atoms with Crippen LogP contribution in [0, 0.1) is 0 Å². The first-order chi connectivity index (χ1) is 8.74. The highest BCUT2D eigenvalue weighted by Crippen LogP contribution is 2.19. The molecule has 1 fully saturated rings. The lowest BCUT2D eigenvalue weighted by molar-refractivity contribution is 0.102. The number of amides is 1. The third kappa shape index (κ3) is 1.93. The second-order valence-corrected chi connectivity index (χ2v) is 4.88. The Kier molecular flexibility index (Phi) is 2.68. The van der Waals surface area contributed by atoms with Crippen LogP contribution in [0.4, 0.5) is 10.9 Å². The molecule has 0 unspecified atom stereocenters. The van der Waals surface area contributed by atoms with Gasteiger partial charge >= 0.3 is 0 Å². The van der Waals surface area contributed by atoms with E-state index in [1.54, 1.807) is 16.9 Å².